The Bertz CT molecular complexity index is 672. The maximum atomic E-state index is 6.35. The van der Waals surface area contributed by atoms with Crippen molar-refractivity contribution in [1.29, 1.82) is 0 Å². The second-order valence-electron chi connectivity index (χ2n) is 5.09. The first-order valence-electron chi connectivity index (χ1n) is 7.78. The molecule has 0 aliphatic rings. The molecule has 0 bridgehead atoms. The molecule has 0 saturated heterocycles. The van der Waals surface area contributed by atoms with Gasteiger partial charge in [-0.3, -0.25) is 0 Å². The fourth-order valence-electron chi connectivity index (χ4n) is 2.17. The van der Waals surface area contributed by atoms with E-state index in [0.29, 0.717) is 39.7 Å². The van der Waals surface area contributed by atoms with Crippen LogP contribution in [-0.4, -0.2) is 13.2 Å². The van der Waals surface area contributed by atoms with Gasteiger partial charge in [-0.05, 0) is 37.2 Å². The van der Waals surface area contributed by atoms with Crippen molar-refractivity contribution in [3.05, 3.63) is 56.5 Å². The molecule has 130 valence electrons. The first-order chi connectivity index (χ1) is 11.6. The van der Waals surface area contributed by atoms with E-state index < -0.39 is 0 Å². The van der Waals surface area contributed by atoms with E-state index in [1.165, 1.54) is 0 Å². The molecule has 2 aromatic carbocycles. The predicted octanol–water partition coefficient (Wildman–Crippen LogP) is 5.73. The van der Waals surface area contributed by atoms with Crippen LogP contribution < -0.4 is 14.8 Å². The average Bonchev–Trinajstić information content (AvgIpc) is 2.55. The summed E-state index contributed by atoms with van der Waals surface area (Å²) in [5, 5.41) is 5.01. The molecule has 2 aromatic rings. The summed E-state index contributed by atoms with van der Waals surface area (Å²) >= 11 is 18.7. The second-order valence-corrected chi connectivity index (χ2v) is 6.31. The number of hydrogen-bond donors (Lipinski definition) is 1. The quantitative estimate of drug-likeness (QED) is 0.626. The van der Waals surface area contributed by atoms with Gasteiger partial charge in [-0.1, -0.05) is 47.8 Å². The highest BCUT2D eigenvalue weighted by atomic mass is 35.5. The number of nitrogens with one attached hydrogen (secondary N) is 1. The van der Waals surface area contributed by atoms with E-state index in [2.05, 4.69) is 5.32 Å². The average molecular weight is 389 g/mol. The van der Waals surface area contributed by atoms with Crippen LogP contribution in [0.3, 0.4) is 0 Å². The van der Waals surface area contributed by atoms with E-state index in [0.717, 1.165) is 17.7 Å². The van der Waals surface area contributed by atoms with Gasteiger partial charge in [0.05, 0.1) is 6.61 Å². The lowest BCUT2D eigenvalue weighted by molar-refractivity contribution is 0.269. The second kappa shape index (κ2) is 9.38. The Kier molecular flexibility index (Phi) is 7.50. The van der Waals surface area contributed by atoms with Crippen LogP contribution in [-0.2, 0) is 13.2 Å². The summed E-state index contributed by atoms with van der Waals surface area (Å²) in [5.41, 5.74) is 1.70. The van der Waals surface area contributed by atoms with Crippen LogP contribution in [0.25, 0.3) is 0 Å². The van der Waals surface area contributed by atoms with Crippen LogP contribution >= 0.6 is 34.8 Å². The smallest absolute Gasteiger partial charge is 0.163 e. The molecule has 0 unspecified atom stereocenters. The highest BCUT2D eigenvalue weighted by Crippen LogP contribution is 2.35. The topological polar surface area (TPSA) is 30.5 Å². The van der Waals surface area contributed by atoms with Crippen molar-refractivity contribution in [3.63, 3.8) is 0 Å². The minimum absolute atomic E-state index is 0.238. The third-order valence-corrected chi connectivity index (χ3v) is 4.47. The zero-order valence-electron chi connectivity index (χ0n) is 13.7. The maximum absolute atomic E-state index is 6.35. The van der Waals surface area contributed by atoms with Crippen LogP contribution in [0, 0.1) is 0 Å². The van der Waals surface area contributed by atoms with Crippen molar-refractivity contribution >= 4 is 34.8 Å². The molecular formula is C18H20Cl3NO2. The van der Waals surface area contributed by atoms with E-state index in [-0.39, 0.29) is 6.61 Å². The molecule has 0 aliphatic carbocycles. The summed E-state index contributed by atoms with van der Waals surface area (Å²) in [4.78, 5) is 0. The number of ether oxygens (including phenoxy) is 2. The van der Waals surface area contributed by atoms with Crippen molar-refractivity contribution in [2.45, 2.75) is 27.0 Å². The molecular weight excluding hydrogens is 369 g/mol. The van der Waals surface area contributed by atoms with Crippen LogP contribution in [0.15, 0.2) is 30.3 Å². The highest BCUT2D eigenvalue weighted by Gasteiger charge is 2.13. The van der Waals surface area contributed by atoms with Gasteiger partial charge in [0, 0.05) is 33.2 Å². The molecule has 0 spiro atoms. The van der Waals surface area contributed by atoms with Crippen molar-refractivity contribution in [3.8, 4) is 11.5 Å². The number of benzene rings is 2. The van der Waals surface area contributed by atoms with Gasteiger partial charge in [0.25, 0.3) is 0 Å². The Hall–Kier alpha value is -1.13. The fourth-order valence-corrected chi connectivity index (χ4v) is 2.90. The fraction of sp³-hybridized carbons (Fsp3) is 0.333. The number of rotatable bonds is 8. The third-order valence-electron chi connectivity index (χ3n) is 3.41. The lowest BCUT2D eigenvalue weighted by atomic mass is 10.2. The van der Waals surface area contributed by atoms with Gasteiger partial charge in [0.1, 0.15) is 6.61 Å². The van der Waals surface area contributed by atoms with E-state index in [1.54, 1.807) is 24.3 Å². The molecule has 2 rings (SSSR count). The van der Waals surface area contributed by atoms with Crippen LogP contribution in [0.2, 0.25) is 15.1 Å². The molecule has 0 aliphatic heterocycles. The first kappa shape index (κ1) is 19.2. The van der Waals surface area contributed by atoms with Crippen LogP contribution in [0.5, 0.6) is 11.5 Å². The molecule has 1 N–H and O–H groups in total. The normalized spacial score (nSPS) is 10.7. The monoisotopic (exact) mass is 387 g/mol. The Balaban J connectivity index is 2.23. The van der Waals surface area contributed by atoms with E-state index in [9.17, 15) is 0 Å². The molecule has 0 aromatic heterocycles. The molecule has 0 heterocycles. The van der Waals surface area contributed by atoms with Gasteiger partial charge in [-0.25, -0.2) is 0 Å². The SMILES string of the molecule is CCNCc1cc(OCC)c(OCc2c(Cl)cccc2Cl)cc1Cl. The number of hydrogen-bond acceptors (Lipinski definition) is 3. The van der Waals surface area contributed by atoms with Gasteiger partial charge in [-0.15, -0.1) is 0 Å². The summed E-state index contributed by atoms with van der Waals surface area (Å²) in [6.07, 6.45) is 0. The van der Waals surface area contributed by atoms with Crippen molar-refractivity contribution in [2.24, 2.45) is 0 Å². The van der Waals surface area contributed by atoms with Gasteiger partial charge < -0.3 is 14.8 Å². The third kappa shape index (κ3) is 4.93. The van der Waals surface area contributed by atoms with Crippen molar-refractivity contribution < 1.29 is 9.47 Å². The van der Waals surface area contributed by atoms with E-state index in [4.69, 9.17) is 44.3 Å². The van der Waals surface area contributed by atoms with E-state index >= 15 is 0 Å². The van der Waals surface area contributed by atoms with Gasteiger partial charge in [0.15, 0.2) is 11.5 Å². The van der Waals surface area contributed by atoms with Crippen LogP contribution in [0.1, 0.15) is 25.0 Å². The first-order valence-corrected chi connectivity index (χ1v) is 8.91. The zero-order chi connectivity index (χ0) is 17.5. The Morgan fingerprint density at radius 1 is 0.917 bits per heavy atom. The largest absolute Gasteiger partial charge is 0.490 e. The summed E-state index contributed by atoms with van der Waals surface area (Å²) in [6, 6.07) is 9.03. The molecule has 24 heavy (non-hydrogen) atoms. The highest BCUT2D eigenvalue weighted by molar-refractivity contribution is 6.36. The summed E-state index contributed by atoms with van der Waals surface area (Å²) in [5.74, 6) is 1.22. The van der Waals surface area contributed by atoms with Gasteiger partial charge in [0.2, 0.25) is 0 Å². The van der Waals surface area contributed by atoms with Crippen LogP contribution in [0.4, 0.5) is 0 Å². The molecule has 0 radical (unpaired) electrons. The number of halogens is 3. The minimum atomic E-state index is 0.238. The predicted molar refractivity (Wildman–Crippen MR) is 101 cm³/mol. The minimum Gasteiger partial charge on any atom is -0.490 e. The zero-order valence-corrected chi connectivity index (χ0v) is 15.9. The molecule has 6 heteroatoms. The Morgan fingerprint density at radius 2 is 1.58 bits per heavy atom. The van der Waals surface area contributed by atoms with Gasteiger partial charge >= 0.3 is 0 Å². The van der Waals surface area contributed by atoms with Crippen molar-refractivity contribution in [2.75, 3.05) is 13.2 Å². The van der Waals surface area contributed by atoms with Gasteiger partial charge in [-0.2, -0.15) is 0 Å². The summed E-state index contributed by atoms with van der Waals surface area (Å²) in [7, 11) is 0. The summed E-state index contributed by atoms with van der Waals surface area (Å²) in [6.45, 7) is 6.28. The molecule has 0 amide bonds. The standard InChI is InChI=1S/C18H20Cl3NO2/c1-3-22-10-12-8-17(23-4-2)18(9-16(12)21)24-11-13-14(19)6-5-7-15(13)20/h5-9,22H,3-4,10-11H2,1-2H3. The Labute approximate surface area is 157 Å². The Morgan fingerprint density at radius 3 is 2.21 bits per heavy atom. The maximum Gasteiger partial charge on any atom is 0.163 e. The lowest BCUT2D eigenvalue weighted by Gasteiger charge is -2.16. The lowest BCUT2D eigenvalue weighted by Crippen LogP contribution is -2.12. The molecule has 0 fully saturated rings. The molecule has 0 atom stereocenters. The van der Waals surface area contributed by atoms with E-state index in [1.807, 2.05) is 19.9 Å². The van der Waals surface area contributed by atoms with Crippen molar-refractivity contribution in [1.82, 2.24) is 5.32 Å². The molecule has 3 nitrogen and oxygen atoms in total. The summed E-state index contributed by atoms with van der Waals surface area (Å²) < 4.78 is 11.6. The molecule has 0 saturated carbocycles.